The predicted octanol–water partition coefficient (Wildman–Crippen LogP) is 1.65. The molecule has 1 aromatic rings. The Morgan fingerprint density at radius 3 is 2.50 bits per heavy atom. The van der Waals surface area contributed by atoms with Gasteiger partial charge in [-0.3, -0.25) is 4.98 Å². The lowest BCUT2D eigenvalue weighted by atomic mass is 9.97. The minimum absolute atomic E-state index is 0.495. The van der Waals surface area contributed by atoms with Gasteiger partial charge in [-0.25, -0.2) is 4.79 Å². The summed E-state index contributed by atoms with van der Waals surface area (Å²) in [7, 11) is 0. The summed E-state index contributed by atoms with van der Waals surface area (Å²) in [5.41, 5.74) is 0.464. The number of isocyanates is 1. The van der Waals surface area contributed by atoms with Crippen molar-refractivity contribution < 1.29 is 4.79 Å². The van der Waals surface area contributed by atoms with E-state index in [1.54, 1.807) is 18.5 Å². The molecule has 3 heteroatoms. The molecule has 3 nitrogen and oxygen atoms in total. The van der Waals surface area contributed by atoms with Gasteiger partial charge in [0.1, 0.15) is 0 Å². The zero-order valence-electron chi connectivity index (χ0n) is 7.11. The number of carbonyl (C=O) groups excluding carboxylic acids is 1. The second-order valence-electron chi connectivity index (χ2n) is 3.00. The first kappa shape index (κ1) is 8.62. The fourth-order valence-corrected chi connectivity index (χ4v) is 0.938. The third kappa shape index (κ3) is 1.77. The van der Waals surface area contributed by atoms with Crippen molar-refractivity contribution in [3.63, 3.8) is 0 Å². The van der Waals surface area contributed by atoms with Crippen molar-refractivity contribution in [3.05, 3.63) is 30.1 Å². The van der Waals surface area contributed by atoms with Gasteiger partial charge in [-0.1, -0.05) is 0 Å². The molecule has 0 fully saturated rings. The van der Waals surface area contributed by atoms with Crippen LogP contribution in [0.4, 0.5) is 0 Å². The molecule has 0 saturated carbocycles. The van der Waals surface area contributed by atoms with E-state index in [9.17, 15) is 4.79 Å². The molecule has 0 bridgehead atoms. The summed E-state index contributed by atoms with van der Waals surface area (Å²) in [4.78, 5) is 17.7. The first-order valence-corrected chi connectivity index (χ1v) is 3.66. The van der Waals surface area contributed by atoms with Crippen molar-refractivity contribution in [2.24, 2.45) is 4.99 Å². The van der Waals surface area contributed by atoms with Crippen LogP contribution in [0.15, 0.2) is 29.5 Å². The molecule has 0 N–H and O–H groups in total. The zero-order valence-corrected chi connectivity index (χ0v) is 7.11. The summed E-state index contributed by atoms with van der Waals surface area (Å²) >= 11 is 0. The van der Waals surface area contributed by atoms with E-state index in [4.69, 9.17) is 0 Å². The quantitative estimate of drug-likeness (QED) is 0.490. The van der Waals surface area contributed by atoms with Crippen molar-refractivity contribution in [2.75, 3.05) is 0 Å². The van der Waals surface area contributed by atoms with Crippen LogP contribution >= 0.6 is 0 Å². The molecule has 0 spiro atoms. The summed E-state index contributed by atoms with van der Waals surface area (Å²) in [5.74, 6) is 0. The van der Waals surface area contributed by atoms with Crippen molar-refractivity contribution in [2.45, 2.75) is 19.4 Å². The highest BCUT2D eigenvalue weighted by Crippen LogP contribution is 2.22. The topological polar surface area (TPSA) is 42.3 Å². The average molecular weight is 162 g/mol. The molecule has 0 atom stereocenters. The van der Waals surface area contributed by atoms with Crippen molar-refractivity contribution in [1.29, 1.82) is 0 Å². The zero-order chi connectivity index (χ0) is 9.03. The fourth-order valence-electron chi connectivity index (χ4n) is 0.938. The SMILES string of the molecule is CC(C)(N=C=O)c1ccncc1. The Morgan fingerprint density at radius 1 is 1.42 bits per heavy atom. The Bertz CT molecular complexity index is 300. The molecule has 0 saturated heterocycles. The Morgan fingerprint density at radius 2 is 2.00 bits per heavy atom. The standard InChI is InChI=1S/C9H10N2O/c1-9(2,11-7-12)8-3-5-10-6-4-8/h3-6H,1-2H3. The van der Waals surface area contributed by atoms with Gasteiger partial charge in [-0.2, -0.15) is 4.99 Å². The molecular formula is C9H10N2O. The van der Waals surface area contributed by atoms with Gasteiger partial charge in [0.25, 0.3) is 0 Å². The monoisotopic (exact) mass is 162 g/mol. The lowest BCUT2D eigenvalue weighted by Crippen LogP contribution is -2.13. The maximum absolute atomic E-state index is 10.1. The largest absolute Gasteiger partial charge is 0.265 e. The van der Waals surface area contributed by atoms with E-state index in [1.807, 2.05) is 26.0 Å². The molecule has 0 aromatic carbocycles. The maximum atomic E-state index is 10.1. The van der Waals surface area contributed by atoms with Crippen LogP contribution in [0.3, 0.4) is 0 Å². The lowest BCUT2D eigenvalue weighted by Gasteiger charge is -2.16. The minimum atomic E-state index is -0.495. The first-order valence-electron chi connectivity index (χ1n) is 3.66. The Balaban J connectivity index is 3.05. The number of aromatic nitrogens is 1. The summed E-state index contributed by atoms with van der Waals surface area (Å²) in [6.07, 6.45) is 4.92. The van der Waals surface area contributed by atoms with Crippen LogP contribution in [0.2, 0.25) is 0 Å². The van der Waals surface area contributed by atoms with Crippen LogP contribution in [-0.4, -0.2) is 11.1 Å². The van der Waals surface area contributed by atoms with Crippen LogP contribution in [-0.2, 0) is 10.3 Å². The van der Waals surface area contributed by atoms with Gasteiger partial charge in [0.2, 0.25) is 6.08 Å². The third-order valence-electron chi connectivity index (χ3n) is 1.71. The fraction of sp³-hybridized carbons (Fsp3) is 0.333. The van der Waals surface area contributed by atoms with Crippen LogP contribution in [0.5, 0.6) is 0 Å². The molecule has 1 aromatic heterocycles. The van der Waals surface area contributed by atoms with E-state index >= 15 is 0 Å². The van der Waals surface area contributed by atoms with Gasteiger partial charge in [-0.15, -0.1) is 0 Å². The molecule has 0 aliphatic carbocycles. The molecule has 1 rings (SSSR count). The number of rotatable bonds is 2. The van der Waals surface area contributed by atoms with E-state index in [0.29, 0.717) is 0 Å². The van der Waals surface area contributed by atoms with Gasteiger partial charge in [0.15, 0.2) is 0 Å². The summed E-state index contributed by atoms with van der Waals surface area (Å²) < 4.78 is 0. The summed E-state index contributed by atoms with van der Waals surface area (Å²) in [6.45, 7) is 3.71. The maximum Gasteiger partial charge on any atom is 0.235 e. The molecule has 0 aliphatic heterocycles. The second-order valence-corrected chi connectivity index (χ2v) is 3.00. The summed E-state index contributed by atoms with van der Waals surface area (Å²) in [6, 6.07) is 3.67. The molecule has 62 valence electrons. The molecule has 0 amide bonds. The highest BCUT2D eigenvalue weighted by Gasteiger charge is 2.18. The highest BCUT2D eigenvalue weighted by atomic mass is 16.1. The third-order valence-corrected chi connectivity index (χ3v) is 1.71. The van der Waals surface area contributed by atoms with E-state index in [1.165, 1.54) is 0 Å². The number of nitrogens with zero attached hydrogens (tertiary/aromatic N) is 2. The Hall–Kier alpha value is -1.47. The van der Waals surface area contributed by atoms with Crippen molar-refractivity contribution in [1.82, 2.24) is 4.98 Å². The number of hydrogen-bond acceptors (Lipinski definition) is 3. The summed E-state index contributed by atoms with van der Waals surface area (Å²) in [5, 5.41) is 0. The van der Waals surface area contributed by atoms with Crippen LogP contribution in [0, 0.1) is 0 Å². The predicted molar refractivity (Wildman–Crippen MR) is 45.4 cm³/mol. The van der Waals surface area contributed by atoms with Crippen LogP contribution in [0.1, 0.15) is 19.4 Å². The Labute approximate surface area is 71.2 Å². The molecule has 0 unspecified atom stereocenters. The number of aliphatic imine (C=N–C) groups is 1. The van der Waals surface area contributed by atoms with E-state index in [-0.39, 0.29) is 0 Å². The normalized spacial score (nSPS) is 10.5. The number of hydrogen-bond donors (Lipinski definition) is 0. The second kappa shape index (κ2) is 3.28. The highest BCUT2D eigenvalue weighted by molar-refractivity contribution is 5.36. The van der Waals surface area contributed by atoms with Crippen LogP contribution in [0.25, 0.3) is 0 Å². The smallest absolute Gasteiger partial charge is 0.235 e. The van der Waals surface area contributed by atoms with Gasteiger partial charge in [0, 0.05) is 12.4 Å². The lowest BCUT2D eigenvalue weighted by molar-refractivity contribution is 0.522. The molecule has 0 radical (unpaired) electrons. The molecule has 0 aliphatic rings. The van der Waals surface area contributed by atoms with Gasteiger partial charge < -0.3 is 0 Å². The Kier molecular flexibility index (Phi) is 2.36. The molecular weight excluding hydrogens is 152 g/mol. The van der Waals surface area contributed by atoms with Crippen LogP contribution < -0.4 is 0 Å². The average Bonchev–Trinajstić information content (AvgIpc) is 2.06. The molecule has 1 heterocycles. The van der Waals surface area contributed by atoms with Gasteiger partial charge in [0.05, 0.1) is 5.54 Å². The van der Waals surface area contributed by atoms with Gasteiger partial charge in [-0.05, 0) is 31.5 Å². The number of pyridine rings is 1. The minimum Gasteiger partial charge on any atom is -0.265 e. The van der Waals surface area contributed by atoms with Crippen molar-refractivity contribution >= 4 is 6.08 Å². The van der Waals surface area contributed by atoms with Gasteiger partial charge >= 0.3 is 0 Å². The van der Waals surface area contributed by atoms with E-state index in [2.05, 4.69) is 9.98 Å². The molecule has 12 heavy (non-hydrogen) atoms. The van der Waals surface area contributed by atoms with E-state index < -0.39 is 5.54 Å². The first-order chi connectivity index (χ1) is 5.67. The van der Waals surface area contributed by atoms with E-state index in [0.717, 1.165) is 5.56 Å². The van der Waals surface area contributed by atoms with Crippen molar-refractivity contribution in [3.8, 4) is 0 Å².